The van der Waals surface area contributed by atoms with Crippen LogP contribution in [-0.2, 0) is 4.12 Å². The highest BCUT2D eigenvalue weighted by Gasteiger charge is 2.26. The van der Waals surface area contributed by atoms with Crippen molar-refractivity contribution >= 4 is 28.2 Å². The zero-order valence-electron chi connectivity index (χ0n) is 9.29. The van der Waals surface area contributed by atoms with E-state index >= 15 is 0 Å². The lowest BCUT2D eigenvalue weighted by atomic mass is 10.3. The Morgan fingerprint density at radius 3 is 2.43 bits per heavy atom. The first-order valence-electron chi connectivity index (χ1n) is 4.77. The Labute approximate surface area is 88.9 Å². The minimum Gasteiger partial charge on any atom is -0.452 e. The van der Waals surface area contributed by atoms with Crippen LogP contribution in [0.15, 0.2) is 24.3 Å². The molecule has 0 saturated heterocycles. The van der Waals surface area contributed by atoms with Gasteiger partial charge in [-0.25, -0.2) is 0 Å². The van der Waals surface area contributed by atoms with Crippen molar-refractivity contribution in [2.75, 3.05) is 5.73 Å². The predicted molar refractivity (Wildman–Crippen MR) is 66.5 cm³/mol. The van der Waals surface area contributed by atoms with Gasteiger partial charge >= 0.3 is 0 Å². The van der Waals surface area contributed by atoms with Gasteiger partial charge < -0.3 is 9.85 Å². The van der Waals surface area contributed by atoms with Crippen LogP contribution in [0, 0.1) is 0 Å². The molecule has 0 unspecified atom stereocenters. The fourth-order valence-corrected chi connectivity index (χ4v) is 7.05. The van der Waals surface area contributed by atoms with Crippen LogP contribution in [-0.4, -0.2) is 17.4 Å². The lowest BCUT2D eigenvalue weighted by Crippen LogP contribution is -2.47. The zero-order chi connectivity index (χ0) is 10.8. The third kappa shape index (κ3) is 2.97. The summed E-state index contributed by atoms with van der Waals surface area (Å²) in [6, 6.07) is 8.07. The highest BCUT2D eigenvalue weighted by Crippen LogP contribution is 2.09. The maximum Gasteiger partial charge on any atom is 0.205 e. The van der Waals surface area contributed by atoms with Crippen LogP contribution in [0.3, 0.4) is 0 Å². The Balaban J connectivity index is 2.91. The molecule has 77 valence electrons. The van der Waals surface area contributed by atoms with Crippen LogP contribution in [0.4, 0.5) is 5.69 Å². The Hall–Kier alpha value is -0.586. The molecule has 0 aliphatic carbocycles. The molecule has 0 heterocycles. The van der Waals surface area contributed by atoms with Crippen molar-refractivity contribution in [2.24, 2.45) is 0 Å². The van der Waals surface area contributed by atoms with E-state index in [0.717, 1.165) is 5.69 Å². The van der Waals surface area contributed by atoms with Gasteiger partial charge in [-0.2, -0.15) is 0 Å². The topological polar surface area (TPSA) is 35.2 Å². The van der Waals surface area contributed by atoms with E-state index in [9.17, 15) is 0 Å². The predicted octanol–water partition coefficient (Wildman–Crippen LogP) is 1.95. The van der Waals surface area contributed by atoms with E-state index in [2.05, 4.69) is 32.3 Å². The van der Waals surface area contributed by atoms with Crippen molar-refractivity contribution in [1.29, 1.82) is 0 Å². The zero-order valence-corrected chi connectivity index (χ0v) is 11.3. The number of nitrogens with two attached hydrogens (primary N) is 1. The third-order valence-electron chi connectivity index (χ3n) is 2.04. The van der Waals surface area contributed by atoms with Gasteiger partial charge in [0.1, 0.15) is 0 Å². The Bertz CT molecular complexity index is 313. The highest BCUT2D eigenvalue weighted by atomic mass is 28.4. The minimum atomic E-state index is -1.71. The summed E-state index contributed by atoms with van der Waals surface area (Å²) in [7, 11) is -2.34. The van der Waals surface area contributed by atoms with E-state index in [4.69, 9.17) is 9.85 Å². The number of nitrogen functional groups attached to an aromatic ring is 1. The van der Waals surface area contributed by atoms with Crippen LogP contribution in [0.2, 0.25) is 26.2 Å². The molecule has 0 spiro atoms. The third-order valence-corrected chi connectivity index (χ3v) is 7.42. The molecule has 0 saturated carbocycles. The van der Waals surface area contributed by atoms with Crippen molar-refractivity contribution in [3.05, 3.63) is 24.3 Å². The Morgan fingerprint density at radius 2 is 1.93 bits per heavy atom. The molecular formula is C10H18NOSi2. The van der Waals surface area contributed by atoms with E-state index in [0.29, 0.717) is 0 Å². The molecule has 1 aromatic carbocycles. The van der Waals surface area contributed by atoms with Crippen LogP contribution < -0.4 is 10.9 Å². The summed E-state index contributed by atoms with van der Waals surface area (Å²) in [5, 5.41) is 1.28. The summed E-state index contributed by atoms with van der Waals surface area (Å²) in [5.74, 6) is 0. The summed E-state index contributed by atoms with van der Waals surface area (Å²) >= 11 is 0. The smallest absolute Gasteiger partial charge is 0.205 e. The molecule has 0 aliphatic heterocycles. The average molecular weight is 224 g/mol. The molecule has 0 aromatic heterocycles. The van der Waals surface area contributed by atoms with Gasteiger partial charge in [0.25, 0.3) is 0 Å². The first-order valence-corrected chi connectivity index (χ1v) is 10.1. The van der Waals surface area contributed by atoms with E-state index in [-0.39, 0.29) is 0 Å². The molecule has 1 rings (SSSR count). The fourth-order valence-electron chi connectivity index (χ4n) is 1.48. The lowest BCUT2D eigenvalue weighted by Gasteiger charge is -2.25. The normalized spacial score (nSPS) is 12.1. The minimum absolute atomic E-state index is 0.630. The first-order chi connectivity index (χ1) is 6.42. The van der Waals surface area contributed by atoms with Gasteiger partial charge in [-0.3, -0.25) is 0 Å². The summed E-state index contributed by atoms with van der Waals surface area (Å²) in [6.45, 7) is 8.79. The van der Waals surface area contributed by atoms with Crippen LogP contribution in [0.1, 0.15) is 0 Å². The van der Waals surface area contributed by atoms with Gasteiger partial charge in [0.15, 0.2) is 9.04 Å². The second kappa shape index (κ2) is 4.29. The SMILES string of the molecule is C[Si](C)O[Si](C)(C)c1cccc(N)c1. The molecule has 1 aromatic rings. The quantitative estimate of drug-likeness (QED) is 0.629. The average Bonchev–Trinajstić information content (AvgIpc) is 2.01. The second-order valence-electron chi connectivity index (χ2n) is 4.15. The van der Waals surface area contributed by atoms with Gasteiger partial charge in [0, 0.05) is 5.69 Å². The largest absolute Gasteiger partial charge is 0.452 e. The van der Waals surface area contributed by atoms with Gasteiger partial charge in [-0.05, 0) is 43.5 Å². The molecule has 0 fully saturated rings. The molecule has 0 amide bonds. The van der Waals surface area contributed by atoms with Gasteiger partial charge in [0.05, 0.1) is 0 Å². The molecular weight excluding hydrogens is 206 g/mol. The number of rotatable bonds is 3. The summed E-state index contributed by atoms with van der Waals surface area (Å²) in [6.07, 6.45) is 0. The summed E-state index contributed by atoms with van der Waals surface area (Å²) in [5.41, 5.74) is 6.59. The van der Waals surface area contributed by atoms with Crippen molar-refractivity contribution in [3.63, 3.8) is 0 Å². The summed E-state index contributed by atoms with van der Waals surface area (Å²) in [4.78, 5) is 0. The lowest BCUT2D eigenvalue weighted by molar-refractivity contribution is 0.590. The van der Waals surface area contributed by atoms with Crippen LogP contribution >= 0.6 is 0 Å². The number of hydrogen-bond acceptors (Lipinski definition) is 2. The molecule has 2 nitrogen and oxygen atoms in total. The summed E-state index contributed by atoms with van der Waals surface area (Å²) < 4.78 is 6.06. The van der Waals surface area contributed by atoms with Crippen molar-refractivity contribution in [2.45, 2.75) is 26.2 Å². The molecule has 1 radical (unpaired) electrons. The molecule has 0 aliphatic rings. The van der Waals surface area contributed by atoms with Crippen LogP contribution in [0.5, 0.6) is 0 Å². The monoisotopic (exact) mass is 224 g/mol. The maximum atomic E-state index is 6.06. The Morgan fingerprint density at radius 1 is 1.29 bits per heavy atom. The van der Waals surface area contributed by atoms with Gasteiger partial charge in [0.2, 0.25) is 8.32 Å². The molecule has 4 heteroatoms. The van der Waals surface area contributed by atoms with E-state index < -0.39 is 17.4 Å². The molecule has 0 atom stereocenters. The molecule has 0 bridgehead atoms. The standard InChI is InChI=1S/C10H18NOSi2/c1-13(2)12-14(3,4)10-7-5-6-9(11)8-10/h5-8H,11H2,1-4H3. The maximum absolute atomic E-state index is 6.06. The molecule has 14 heavy (non-hydrogen) atoms. The number of hydrogen-bond donors (Lipinski definition) is 1. The van der Waals surface area contributed by atoms with Gasteiger partial charge in [-0.1, -0.05) is 12.1 Å². The van der Waals surface area contributed by atoms with Crippen LogP contribution in [0.25, 0.3) is 0 Å². The second-order valence-corrected chi connectivity index (χ2v) is 10.4. The fraction of sp³-hybridized carbons (Fsp3) is 0.400. The van der Waals surface area contributed by atoms with Crippen molar-refractivity contribution in [3.8, 4) is 0 Å². The van der Waals surface area contributed by atoms with Crippen molar-refractivity contribution in [1.82, 2.24) is 0 Å². The van der Waals surface area contributed by atoms with Crippen molar-refractivity contribution < 1.29 is 4.12 Å². The van der Waals surface area contributed by atoms with E-state index in [1.807, 2.05) is 18.2 Å². The number of benzene rings is 1. The Kier molecular flexibility index (Phi) is 3.52. The first kappa shape index (κ1) is 11.5. The van der Waals surface area contributed by atoms with E-state index in [1.165, 1.54) is 5.19 Å². The number of anilines is 1. The van der Waals surface area contributed by atoms with Gasteiger partial charge in [-0.15, -0.1) is 0 Å². The molecule has 2 N–H and O–H groups in total. The van der Waals surface area contributed by atoms with E-state index in [1.54, 1.807) is 0 Å². The highest BCUT2D eigenvalue weighted by molar-refractivity contribution is 6.88.